The SMILES string of the molecule is CCCCc1ncc(C=C(Cc2ccc(C)s2)c2nn[nH]n2)n1Cc1ccccc1Cl. The number of nitrogens with zero attached hydrogens (tertiary/aromatic N) is 5. The lowest BCUT2D eigenvalue weighted by molar-refractivity contribution is 0.675. The summed E-state index contributed by atoms with van der Waals surface area (Å²) in [6, 6.07) is 12.3. The summed E-state index contributed by atoms with van der Waals surface area (Å²) in [5, 5.41) is 15.6. The van der Waals surface area contributed by atoms with Gasteiger partial charge in [0, 0.05) is 33.2 Å². The van der Waals surface area contributed by atoms with E-state index in [-0.39, 0.29) is 0 Å². The second kappa shape index (κ2) is 10.0. The van der Waals surface area contributed by atoms with Crippen LogP contribution in [0.15, 0.2) is 42.6 Å². The van der Waals surface area contributed by atoms with Crippen molar-refractivity contribution in [3.05, 3.63) is 80.3 Å². The average Bonchev–Trinajstić information content (AvgIpc) is 3.51. The van der Waals surface area contributed by atoms with Crippen LogP contribution in [0.2, 0.25) is 5.02 Å². The molecule has 6 nitrogen and oxygen atoms in total. The summed E-state index contributed by atoms with van der Waals surface area (Å²) in [6.45, 7) is 4.98. The van der Waals surface area contributed by atoms with Crippen LogP contribution in [0.1, 0.15) is 52.4 Å². The van der Waals surface area contributed by atoms with Gasteiger partial charge < -0.3 is 4.57 Å². The molecule has 0 aliphatic rings. The number of aromatic nitrogens is 6. The highest BCUT2D eigenvalue weighted by molar-refractivity contribution is 7.11. The number of imidazole rings is 1. The van der Waals surface area contributed by atoms with Crippen LogP contribution >= 0.6 is 22.9 Å². The van der Waals surface area contributed by atoms with E-state index in [1.807, 2.05) is 24.4 Å². The first-order valence-corrected chi connectivity index (χ1v) is 11.6. The van der Waals surface area contributed by atoms with Crippen LogP contribution in [0.5, 0.6) is 0 Å². The molecule has 0 amide bonds. The Bertz CT molecular complexity index is 1160. The van der Waals surface area contributed by atoms with E-state index < -0.39 is 0 Å². The molecule has 3 heterocycles. The molecule has 1 aromatic carbocycles. The van der Waals surface area contributed by atoms with Gasteiger partial charge in [-0.25, -0.2) is 4.98 Å². The Balaban J connectivity index is 1.74. The number of nitrogens with one attached hydrogen (secondary N) is 1. The molecule has 0 radical (unpaired) electrons. The van der Waals surface area contributed by atoms with Crippen molar-refractivity contribution in [2.24, 2.45) is 0 Å². The first kappa shape index (κ1) is 21.5. The van der Waals surface area contributed by atoms with E-state index in [1.165, 1.54) is 9.75 Å². The lowest BCUT2D eigenvalue weighted by Gasteiger charge is -2.12. The van der Waals surface area contributed by atoms with Crippen molar-refractivity contribution in [1.82, 2.24) is 30.2 Å². The van der Waals surface area contributed by atoms with Crippen molar-refractivity contribution in [2.75, 3.05) is 0 Å². The summed E-state index contributed by atoms with van der Waals surface area (Å²) in [5.74, 6) is 1.67. The Labute approximate surface area is 191 Å². The van der Waals surface area contributed by atoms with Gasteiger partial charge >= 0.3 is 0 Å². The molecular weight excluding hydrogens is 428 g/mol. The van der Waals surface area contributed by atoms with Crippen molar-refractivity contribution in [2.45, 2.75) is 46.1 Å². The summed E-state index contributed by atoms with van der Waals surface area (Å²) < 4.78 is 2.25. The van der Waals surface area contributed by atoms with Crippen LogP contribution in [-0.2, 0) is 19.4 Å². The largest absolute Gasteiger partial charge is 0.324 e. The number of unbranched alkanes of at least 4 members (excludes halogenated alkanes) is 1. The van der Waals surface area contributed by atoms with E-state index in [0.717, 1.165) is 53.4 Å². The van der Waals surface area contributed by atoms with E-state index in [4.69, 9.17) is 16.6 Å². The molecule has 0 saturated carbocycles. The van der Waals surface area contributed by atoms with Gasteiger partial charge in [-0.1, -0.05) is 43.1 Å². The second-order valence-electron chi connectivity index (χ2n) is 7.47. The van der Waals surface area contributed by atoms with Gasteiger partial charge in [-0.15, -0.1) is 21.5 Å². The normalized spacial score (nSPS) is 11.9. The third-order valence-electron chi connectivity index (χ3n) is 5.12. The monoisotopic (exact) mass is 452 g/mol. The minimum Gasteiger partial charge on any atom is -0.324 e. The van der Waals surface area contributed by atoms with Gasteiger partial charge in [0.2, 0.25) is 5.82 Å². The minimum absolute atomic E-state index is 0.603. The van der Waals surface area contributed by atoms with E-state index in [9.17, 15) is 0 Å². The zero-order valence-corrected chi connectivity index (χ0v) is 19.2. The summed E-state index contributed by atoms with van der Waals surface area (Å²) >= 11 is 8.25. The fourth-order valence-corrected chi connectivity index (χ4v) is 4.61. The Hall–Kier alpha value is -2.77. The minimum atomic E-state index is 0.603. The van der Waals surface area contributed by atoms with Gasteiger partial charge in [0.25, 0.3) is 0 Å². The second-order valence-corrected chi connectivity index (χ2v) is 9.25. The van der Waals surface area contributed by atoms with E-state index in [0.29, 0.717) is 12.4 Å². The maximum Gasteiger partial charge on any atom is 0.201 e. The van der Waals surface area contributed by atoms with Gasteiger partial charge in [0.1, 0.15) is 5.82 Å². The number of hydrogen-bond donors (Lipinski definition) is 1. The highest BCUT2D eigenvalue weighted by Crippen LogP contribution is 2.26. The first-order valence-electron chi connectivity index (χ1n) is 10.4. The van der Waals surface area contributed by atoms with Crippen LogP contribution in [0, 0.1) is 6.92 Å². The summed E-state index contributed by atoms with van der Waals surface area (Å²) in [4.78, 5) is 7.28. The number of rotatable bonds is 9. The zero-order valence-electron chi connectivity index (χ0n) is 17.7. The molecule has 4 aromatic rings. The molecule has 4 rings (SSSR count). The number of aryl methyl sites for hydroxylation is 2. The zero-order chi connectivity index (χ0) is 21.6. The van der Waals surface area contributed by atoms with Gasteiger partial charge in [-0.05, 0) is 48.4 Å². The highest BCUT2D eigenvalue weighted by Gasteiger charge is 2.15. The highest BCUT2D eigenvalue weighted by atomic mass is 35.5. The Morgan fingerprint density at radius 3 is 2.81 bits per heavy atom. The lowest BCUT2D eigenvalue weighted by atomic mass is 10.1. The van der Waals surface area contributed by atoms with Crippen LogP contribution in [0.25, 0.3) is 11.6 Å². The number of benzene rings is 1. The molecule has 0 aliphatic heterocycles. The predicted octanol–water partition coefficient (Wildman–Crippen LogP) is 5.59. The molecule has 0 atom stereocenters. The molecule has 0 bridgehead atoms. The third kappa shape index (κ3) is 5.29. The van der Waals surface area contributed by atoms with Crippen LogP contribution in [0.3, 0.4) is 0 Å². The third-order valence-corrected chi connectivity index (χ3v) is 6.49. The summed E-state index contributed by atoms with van der Waals surface area (Å²) in [6.07, 6.45) is 7.93. The Kier molecular flexibility index (Phi) is 6.94. The number of allylic oxidation sites excluding steroid dienone is 1. The molecule has 3 aromatic heterocycles. The summed E-state index contributed by atoms with van der Waals surface area (Å²) in [5.41, 5.74) is 3.08. The van der Waals surface area contributed by atoms with E-state index in [2.05, 4.69) is 63.3 Å². The maximum absolute atomic E-state index is 6.47. The van der Waals surface area contributed by atoms with Gasteiger partial charge in [0.05, 0.1) is 18.4 Å². The van der Waals surface area contributed by atoms with E-state index in [1.54, 1.807) is 11.3 Å². The first-order chi connectivity index (χ1) is 15.1. The number of tetrazole rings is 1. The number of aromatic amines is 1. The smallest absolute Gasteiger partial charge is 0.201 e. The van der Waals surface area contributed by atoms with Crippen LogP contribution < -0.4 is 0 Å². The molecule has 0 aliphatic carbocycles. The number of halogens is 1. The van der Waals surface area contributed by atoms with Gasteiger partial charge in [-0.2, -0.15) is 5.21 Å². The summed E-state index contributed by atoms with van der Waals surface area (Å²) in [7, 11) is 0. The average molecular weight is 453 g/mol. The van der Waals surface area contributed by atoms with Crippen molar-refractivity contribution in [3.8, 4) is 0 Å². The maximum atomic E-state index is 6.47. The number of H-pyrrole nitrogens is 1. The standard InChI is InChI=1S/C23H25ClN6S/c1-3-4-9-22-25-14-19(30(22)15-17-7-5-6-8-21(17)24)12-18(23-26-28-29-27-23)13-20-11-10-16(2)31-20/h5-8,10-12,14H,3-4,9,13,15H2,1-2H3,(H,26,27,28,29). The molecule has 8 heteroatoms. The van der Waals surface area contributed by atoms with Crippen molar-refractivity contribution >= 4 is 34.6 Å². The van der Waals surface area contributed by atoms with Crippen molar-refractivity contribution < 1.29 is 0 Å². The van der Waals surface area contributed by atoms with E-state index >= 15 is 0 Å². The molecule has 160 valence electrons. The van der Waals surface area contributed by atoms with Gasteiger partial charge in [0.15, 0.2) is 0 Å². The Morgan fingerprint density at radius 2 is 2.10 bits per heavy atom. The molecule has 1 N–H and O–H groups in total. The number of hydrogen-bond acceptors (Lipinski definition) is 5. The molecule has 31 heavy (non-hydrogen) atoms. The fourth-order valence-electron chi connectivity index (χ4n) is 3.50. The molecule has 0 unspecified atom stereocenters. The molecular formula is C23H25ClN6S. The quantitative estimate of drug-likeness (QED) is 0.359. The van der Waals surface area contributed by atoms with Crippen molar-refractivity contribution in [1.29, 1.82) is 0 Å². The van der Waals surface area contributed by atoms with Crippen molar-refractivity contribution in [3.63, 3.8) is 0 Å². The number of thiophene rings is 1. The molecule has 0 spiro atoms. The topological polar surface area (TPSA) is 72.3 Å². The lowest BCUT2D eigenvalue weighted by Crippen LogP contribution is -2.08. The fraction of sp³-hybridized carbons (Fsp3) is 0.304. The van der Waals surface area contributed by atoms with Crippen LogP contribution in [-0.4, -0.2) is 30.2 Å². The van der Waals surface area contributed by atoms with Crippen LogP contribution in [0.4, 0.5) is 0 Å². The Morgan fingerprint density at radius 1 is 1.23 bits per heavy atom. The molecule has 0 saturated heterocycles. The molecule has 0 fully saturated rings. The van der Waals surface area contributed by atoms with Gasteiger partial charge in [-0.3, -0.25) is 0 Å². The predicted molar refractivity (Wildman–Crippen MR) is 126 cm³/mol.